The maximum Gasteiger partial charge on any atom is 0.104 e. The largest absolute Gasteiger partial charge is 0.290 e. The SMILES string of the molecule is CN=C(C(=NC)C(C)C)c1ccccn1. The van der Waals surface area contributed by atoms with Gasteiger partial charge in [0.2, 0.25) is 0 Å². The molecule has 1 aromatic rings. The van der Waals surface area contributed by atoms with Gasteiger partial charge in [0.25, 0.3) is 0 Å². The van der Waals surface area contributed by atoms with E-state index in [0.717, 1.165) is 17.1 Å². The summed E-state index contributed by atoms with van der Waals surface area (Å²) in [5, 5.41) is 0. The van der Waals surface area contributed by atoms with E-state index in [1.54, 1.807) is 20.3 Å². The van der Waals surface area contributed by atoms with E-state index >= 15 is 0 Å². The van der Waals surface area contributed by atoms with Gasteiger partial charge in [-0.3, -0.25) is 15.0 Å². The van der Waals surface area contributed by atoms with Gasteiger partial charge >= 0.3 is 0 Å². The van der Waals surface area contributed by atoms with Gasteiger partial charge in [0.05, 0.1) is 11.4 Å². The molecule has 1 rings (SSSR count). The minimum absolute atomic E-state index is 0.357. The van der Waals surface area contributed by atoms with Crippen LogP contribution in [-0.2, 0) is 0 Å². The van der Waals surface area contributed by atoms with Crippen molar-refractivity contribution in [3.8, 4) is 0 Å². The standard InChI is InChI=1S/C12H17N3/c1-9(2)11(13-3)12(14-4)10-7-5-6-8-15-10/h5-9H,1-4H3. The van der Waals surface area contributed by atoms with Crippen molar-refractivity contribution in [3.05, 3.63) is 30.1 Å². The first-order valence-electron chi connectivity index (χ1n) is 5.06. The number of hydrogen-bond donors (Lipinski definition) is 0. The summed E-state index contributed by atoms with van der Waals surface area (Å²) in [7, 11) is 3.57. The van der Waals surface area contributed by atoms with Crippen molar-refractivity contribution < 1.29 is 0 Å². The van der Waals surface area contributed by atoms with Crippen LogP contribution in [0.15, 0.2) is 34.4 Å². The number of nitrogens with zero attached hydrogens (tertiary/aromatic N) is 3. The molecule has 3 nitrogen and oxygen atoms in total. The Kier molecular flexibility index (Phi) is 4.16. The zero-order valence-electron chi connectivity index (χ0n) is 9.73. The van der Waals surface area contributed by atoms with E-state index in [1.807, 2.05) is 18.2 Å². The molecule has 0 saturated heterocycles. The Bertz CT molecular complexity index is 364. The minimum atomic E-state index is 0.357. The summed E-state index contributed by atoms with van der Waals surface area (Å²) >= 11 is 0. The topological polar surface area (TPSA) is 37.6 Å². The molecule has 0 aromatic carbocycles. The van der Waals surface area contributed by atoms with Crippen LogP contribution < -0.4 is 0 Å². The van der Waals surface area contributed by atoms with Crippen LogP contribution >= 0.6 is 0 Å². The van der Waals surface area contributed by atoms with Crippen molar-refractivity contribution in [2.24, 2.45) is 15.9 Å². The van der Waals surface area contributed by atoms with E-state index in [-0.39, 0.29) is 0 Å². The fourth-order valence-corrected chi connectivity index (χ4v) is 1.50. The summed E-state index contributed by atoms with van der Waals surface area (Å²) in [6.45, 7) is 4.22. The van der Waals surface area contributed by atoms with Gasteiger partial charge in [0.15, 0.2) is 0 Å². The molecule has 0 aliphatic carbocycles. The Morgan fingerprint density at radius 3 is 2.33 bits per heavy atom. The van der Waals surface area contributed by atoms with E-state index in [9.17, 15) is 0 Å². The van der Waals surface area contributed by atoms with Gasteiger partial charge in [-0.15, -0.1) is 0 Å². The molecule has 0 spiro atoms. The molecule has 0 bridgehead atoms. The highest BCUT2D eigenvalue weighted by Crippen LogP contribution is 2.06. The Hall–Kier alpha value is -1.51. The van der Waals surface area contributed by atoms with Crippen LogP contribution in [0.25, 0.3) is 0 Å². The van der Waals surface area contributed by atoms with Crippen molar-refractivity contribution in [2.45, 2.75) is 13.8 Å². The molecule has 0 saturated carbocycles. The van der Waals surface area contributed by atoms with Gasteiger partial charge in [0.1, 0.15) is 5.71 Å². The molecule has 1 heterocycles. The second-order valence-corrected chi connectivity index (χ2v) is 3.55. The smallest absolute Gasteiger partial charge is 0.104 e. The average Bonchev–Trinajstić information content (AvgIpc) is 2.26. The molecule has 0 atom stereocenters. The van der Waals surface area contributed by atoms with Crippen LogP contribution in [0.2, 0.25) is 0 Å². The summed E-state index contributed by atoms with van der Waals surface area (Å²) in [6, 6.07) is 5.81. The number of pyridine rings is 1. The minimum Gasteiger partial charge on any atom is -0.290 e. The maximum atomic E-state index is 4.29. The predicted octanol–water partition coefficient (Wildman–Crippen LogP) is 2.23. The molecule has 3 heteroatoms. The van der Waals surface area contributed by atoms with Gasteiger partial charge in [-0.2, -0.15) is 0 Å². The quantitative estimate of drug-likeness (QED) is 0.694. The van der Waals surface area contributed by atoms with Gasteiger partial charge in [0, 0.05) is 20.3 Å². The van der Waals surface area contributed by atoms with Gasteiger partial charge < -0.3 is 0 Å². The number of rotatable bonds is 3. The van der Waals surface area contributed by atoms with Gasteiger partial charge in [-0.1, -0.05) is 19.9 Å². The van der Waals surface area contributed by atoms with Crippen molar-refractivity contribution in [3.63, 3.8) is 0 Å². The van der Waals surface area contributed by atoms with E-state index in [0.29, 0.717) is 5.92 Å². The molecule has 0 N–H and O–H groups in total. The summed E-state index contributed by atoms with van der Waals surface area (Å²) < 4.78 is 0. The van der Waals surface area contributed by atoms with E-state index < -0.39 is 0 Å². The summed E-state index contributed by atoms with van der Waals surface area (Å²) in [5.74, 6) is 0.357. The molecule has 0 amide bonds. The van der Waals surface area contributed by atoms with Crippen LogP contribution in [-0.4, -0.2) is 30.5 Å². The highest BCUT2D eigenvalue weighted by molar-refractivity contribution is 6.48. The Morgan fingerprint density at radius 2 is 1.93 bits per heavy atom. The molecule has 0 unspecified atom stereocenters. The van der Waals surface area contributed by atoms with Crippen molar-refractivity contribution >= 4 is 11.4 Å². The van der Waals surface area contributed by atoms with Crippen molar-refractivity contribution in [1.82, 2.24) is 4.98 Å². The summed E-state index contributed by atoms with van der Waals surface area (Å²) in [4.78, 5) is 12.8. The lowest BCUT2D eigenvalue weighted by Gasteiger charge is -2.11. The maximum absolute atomic E-state index is 4.29. The predicted molar refractivity (Wildman–Crippen MR) is 64.9 cm³/mol. The van der Waals surface area contributed by atoms with Gasteiger partial charge in [-0.25, -0.2) is 0 Å². The molecule has 15 heavy (non-hydrogen) atoms. The van der Waals surface area contributed by atoms with Gasteiger partial charge in [-0.05, 0) is 18.1 Å². The Morgan fingerprint density at radius 1 is 1.20 bits per heavy atom. The lowest BCUT2D eigenvalue weighted by molar-refractivity contribution is 0.890. The summed E-state index contributed by atoms with van der Waals surface area (Å²) in [6.07, 6.45) is 1.77. The molecule has 0 aliphatic rings. The Balaban J connectivity index is 3.11. The van der Waals surface area contributed by atoms with Crippen LogP contribution in [0.1, 0.15) is 19.5 Å². The van der Waals surface area contributed by atoms with Crippen LogP contribution in [0, 0.1) is 5.92 Å². The molecule has 80 valence electrons. The first kappa shape index (κ1) is 11.6. The monoisotopic (exact) mass is 203 g/mol. The number of hydrogen-bond acceptors (Lipinski definition) is 3. The second-order valence-electron chi connectivity index (χ2n) is 3.55. The molecule has 1 aromatic heterocycles. The lowest BCUT2D eigenvalue weighted by Crippen LogP contribution is -2.22. The fraction of sp³-hybridized carbons (Fsp3) is 0.417. The molecule has 0 aliphatic heterocycles. The third-order valence-electron chi connectivity index (χ3n) is 2.16. The van der Waals surface area contributed by atoms with Crippen LogP contribution in [0.3, 0.4) is 0 Å². The highest BCUT2D eigenvalue weighted by Gasteiger charge is 2.14. The lowest BCUT2D eigenvalue weighted by atomic mass is 10.0. The zero-order chi connectivity index (χ0) is 11.3. The first-order chi connectivity index (χ1) is 7.20. The number of aromatic nitrogens is 1. The summed E-state index contributed by atoms with van der Waals surface area (Å²) in [5.41, 5.74) is 2.76. The fourth-order valence-electron chi connectivity index (χ4n) is 1.50. The molecule has 0 fully saturated rings. The molecular weight excluding hydrogens is 186 g/mol. The first-order valence-corrected chi connectivity index (χ1v) is 5.06. The van der Waals surface area contributed by atoms with Crippen molar-refractivity contribution in [2.75, 3.05) is 14.1 Å². The Labute approximate surface area is 91.0 Å². The van der Waals surface area contributed by atoms with E-state index in [4.69, 9.17) is 0 Å². The average molecular weight is 203 g/mol. The van der Waals surface area contributed by atoms with E-state index in [2.05, 4.69) is 28.8 Å². The zero-order valence-corrected chi connectivity index (χ0v) is 9.73. The normalized spacial score (nSPS) is 13.4. The van der Waals surface area contributed by atoms with Crippen LogP contribution in [0.4, 0.5) is 0 Å². The number of aliphatic imine (C=N–C) groups is 2. The second kappa shape index (κ2) is 5.39. The van der Waals surface area contributed by atoms with E-state index in [1.165, 1.54) is 0 Å². The third kappa shape index (κ3) is 2.72. The van der Waals surface area contributed by atoms with Crippen molar-refractivity contribution in [1.29, 1.82) is 0 Å². The van der Waals surface area contributed by atoms with Crippen LogP contribution in [0.5, 0.6) is 0 Å². The molecule has 0 radical (unpaired) electrons. The highest BCUT2D eigenvalue weighted by atomic mass is 14.8. The third-order valence-corrected chi connectivity index (χ3v) is 2.16. The molecular formula is C12H17N3.